The van der Waals surface area contributed by atoms with Crippen molar-refractivity contribution in [2.45, 2.75) is 46.1 Å². The van der Waals surface area contributed by atoms with Crippen molar-refractivity contribution in [1.29, 1.82) is 0 Å². The summed E-state index contributed by atoms with van der Waals surface area (Å²) in [4.78, 5) is 5.71. The lowest BCUT2D eigenvalue weighted by atomic mass is 9.87. The molecular weight excluding hydrogens is 254 g/mol. The number of aliphatic hydroxyl groups is 1. The number of aryl methyl sites for hydroxylation is 1. The summed E-state index contributed by atoms with van der Waals surface area (Å²) in [6.07, 6.45) is 0.924. The fourth-order valence-corrected chi connectivity index (χ4v) is 3.03. The minimum Gasteiger partial charge on any atom is -0.390 e. The second kappa shape index (κ2) is 5.43. The minimum absolute atomic E-state index is 0.0275. The molecular formula is C16H21NOS. The van der Waals surface area contributed by atoms with E-state index in [1.54, 1.807) is 11.3 Å². The average Bonchev–Trinajstić information content (AvgIpc) is 2.81. The Kier molecular flexibility index (Phi) is 4.07. The maximum atomic E-state index is 9.30. The largest absolute Gasteiger partial charge is 0.390 e. The molecule has 0 atom stereocenters. The van der Waals surface area contributed by atoms with Crippen LogP contribution in [0.5, 0.6) is 0 Å². The van der Waals surface area contributed by atoms with Crippen molar-refractivity contribution in [3.63, 3.8) is 0 Å². The van der Waals surface area contributed by atoms with E-state index >= 15 is 0 Å². The Morgan fingerprint density at radius 3 is 2.21 bits per heavy atom. The van der Waals surface area contributed by atoms with Crippen LogP contribution >= 0.6 is 11.3 Å². The van der Waals surface area contributed by atoms with Crippen LogP contribution in [0.15, 0.2) is 24.3 Å². The molecule has 102 valence electrons. The molecule has 3 heteroatoms. The Morgan fingerprint density at radius 2 is 1.79 bits per heavy atom. The van der Waals surface area contributed by atoms with Crippen molar-refractivity contribution in [2.24, 2.45) is 0 Å². The fourth-order valence-electron chi connectivity index (χ4n) is 2.02. The topological polar surface area (TPSA) is 33.1 Å². The van der Waals surface area contributed by atoms with Gasteiger partial charge in [0.15, 0.2) is 0 Å². The van der Waals surface area contributed by atoms with E-state index in [-0.39, 0.29) is 12.0 Å². The highest BCUT2D eigenvalue weighted by Gasteiger charge is 2.14. The zero-order valence-corrected chi connectivity index (χ0v) is 12.8. The highest BCUT2D eigenvalue weighted by atomic mass is 32.1. The second-order valence-electron chi connectivity index (χ2n) is 5.73. The van der Waals surface area contributed by atoms with Gasteiger partial charge < -0.3 is 5.11 Å². The number of rotatable bonds is 3. The number of benzene rings is 1. The maximum Gasteiger partial charge on any atom is 0.123 e. The SMILES string of the molecule is CCc1sc(-c2ccc(C(C)(C)C)cc2)nc1CO. The molecule has 1 N–H and O–H groups in total. The fraction of sp³-hybridized carbons (Fsp3) is 0.438. The normalized spacial score (nSPS) is 11.8. The number of hydrogen-bond acceptors (Lipinski definition) is 3. The Morgan fingerprint density at radius 1 is 1.16 bits per heavy atom. The minimum atomic E-state index is 0.0275. The lowest BCUT2D eigenvalue weighted by Crippen LogP contribution is -2.10. The van der Waals surface area contributed by atoms with Gasteiger partial charge in [0.2, 0.25) is 0 Å². The monoisotopic (exact) mass is 275 g/mol. The first-order valence-corrected chi connectivity index (χ1v) is 7.47. The van der Waals surface area contributed by atoms with E-state index in [9.17, 15) is 5.11 Å². The molecule has 0 spiro atoms. The molecule has 0 fully saturated rings. The van der Waals surface area contributed by atoms with Crippen LogP contribution < -0.4 is 0 Å². The molecule has 1 aromatic heterocycles. The molecule has 2 aromatic rings. The zero-order valence-electron chi connectivity index (χ0n) is 12.0. The first-order valence-electron chi connectivity index (χ1n) is 6.66. The lowest BCUT2D eigenvalue weighted by Gasteiger charge is -2.18. The van der Waals surface area contributed by atoms with E-state index in [1.165, 1.54) is 10.4 Å². The first-order chi connectivity index (χ1) is 8.95. The third-order valence-electron chi connectivity index (χ3n) is 3.25. The summed E-state index contributed by atoms with van der Waals surface area (Å²) in [7, 11) is 0. The van der Waals surface area contributed by atoms with Crippen LogP contribution in [0.1, 0.15) is 43.8 Å². The molecule has 2 nitrogen and oxygen atoms in total. The van der Waals surface area contributed by atoms with Gasteiger partial charge in [0.25, 0.3) is 0 Å². The van der Waals surface area contributed by atoms with Gasteiger partial charge in [-0.15, -0.1) is 11.3 Å². The predicted octanol–water partition coefficient (Wildman–Crippen LogP) is 4.16. The summed E-state index contributed by atoms with van der Waals surface area (Å²) in [6.45, 7) is 8.76. The molecule has 1 heterocycles. The smallest absolute Gasteiger partial charge is 0.123 e. The van der Waals surface area contributed by atoms with Crippen molar-refractivity contribution in [1.82, 2.24) is 4.98 Å². The number of nitrogens with zero attached hydrogens (tertiary/aromatic N) is 1. The standard InChI is InChI=1S/C16H21NOS/c1-5-14-13(10-18)17-15(19-14)11-6-8-12(9-7-11)16(2,3)4/h6-9,18H,5,10H2,1-4H3. The van der Waals surface area contributed by atoms with E-state index in [2.05, 4.69) is 56.9 Å². The van der Waals surface area contributed by atoms with Crippen LogP contribution in [0.25, 0.3) is 10.6 Å². The molecule has 0 aliphatic carbocycles. The van der Waals surface area contributed by atoms with Crippen LogP contribution in [0.4, 0.5) is 0 Å². The van der Waals surface area contributed by atoms with Gasteiger partial charge in [-0.25, -0.2) is 4.98 Å². The Hall–Kier alpha value is -1.19. The Bertz CT molecular complexity index is 528. The number of aromatic nitrogens is 1. The van der Waals surface area contributed by atoms with Crippen molar-refractivity contribution in [2.75, 3.05) is 0 Å². The predicted molar refractivity (Wildman–Crippen MR) is 81.6 cm³/mol. The number of aliphatic hydroxyl groups excluding tert-OH is 1. The zero-order chi connectivity index (χ0) is 14.0. The van der Waals surface area contributed by atoms with Gasteiger partial charge in [-0.05, 0) is 17.4 Å². The summed E-state index contributed by atoms with van der Waals surface area (Å²) in [5, 5.41) is 10.3. The van der Waals surface area contributed by atoms with Gasteiger partial charge >= 0.3 is 0 Å². The summed E-state index contributed by atoms with van der Waals surface area (Å²) in [5.41, 5.74) is 3.45. The van der Waals surface area contributed by atoms with Gasteiger partial charge in [-0.2, -0.15) is 0 Å². The Balaban J connectivity index is 2.34. The molecule has 0 unspecified atom stereocenters. The van der Waals surface area contributed by atoms with Crippen molar-refractivity contribution >= 4 is 11.3 Å². The Labute approximate surface area is 119 Å². The molecule has 0 saturated heterocycles. The molecule has 19 heavy (non-hydrogen) atoms. The molecule has 0 bridgehead atoms. The summed E-state index contributed by atoms with van der Waals surface area (Å²) in [6, 6.07) is 8.59. The van der Waals surface area contributed by atoms with Crippen molar-refractivity contribution < 1.29 is 5.11 Å². The maximum absolute atomic E-state index is 9.30. The van der Waals surface area contributed by atoms with Crippen LogP contribution in [0.3, 0.4) is 0 Å². The van der Waals surface area contributed by atoms with Crippen LogP contribution in [-0.4, -0.2) is 10.1 Å². The quantitative estimate of drug-likeness (QED) is 0.912. The van der Waals surface area contributed by atoms with Crippen molar-refractivity contribution in [3.8, 4) is 10.6 Å². The van der Waals surface area contributed by atoms with E-state index in [4.69, 9.17) is 0 Å². The van der Waals surface area contributed by atoms with Gasteiger partial charge in [0.05, 0.1) is 12.3 Å². The molecule has 0 saturated carbocycles. The molecule has 0 amide bonds. The van der Waals surface area contributed by atoms with Gasteiger partial charge in [0, 0.05) is 10.4 Å². The van der Waals surface area contributed by atoms with Crippen LogP contribution in [-0.2, 0) is 18.4 Å². The highest BCUT2D eigenvalue weighted by molar-refractivity contribution is 7.15. The van der Waals surface area contributed by atoms with E-state index in [0.717, 1.165) is 22.7 Å². The van der Waals surface area contributed by atoms with E-state index < -0.39 is 0 Å². The summed E-state index contributed by atoms with van der Waals surface area (Å²) in [5.74, 6) is 0. The molecule has 1 aromatic carbocycles. The summed E-state index contributed by atoms with van der Waals surface area (Å²) < 4.78 is 0. The highest BCUT2D eigenvalue weighted by Crippen LogP contribution is 2.30. The summed E-state index contributed by atoms with van der Waals surface area (Å²) >= 11 is 1.68. The average molecular weight is 275 g/mol. The third-order valence-corrected chi connectivity index (χ3v) is 4.54. The van der Waals surface area contributed by atoms with Crippen LogP contribution in [0, 0.1) is 0 Å². The van der Waals surface area contributed by atoms with Crippen molar-refractivity contribution in [3.05, 3.63) is 40.4 Å². The molecule has 0 radical (unpaired) electrons. The van der Waals surface area contributed by atoms with E-state index in [1.807, 2.05) is 0 Å². The molecule has 0 aliphatic rings. The lowest BCUT2D eigenvalue weighted by molar-refractivity contribution is 0.276. The van der Waals surface area contributed by atoms with Gasteiger partial charge in [0.1, 0.15) is 5.01 Å². The number of thiazole rings is 1. The third kappa shape index (κ3) is 3.04. The first kappa shape index (κ1) is 14.2. The second-order valence-corrected chi connectivity index (χ2v) is 6.81. The van der Waals surface area contributed by atoms with Gasteiger partial charge in [-0.3, -0.25) is 0 Å². The van der Waals surface area contributed by atoms with E-state index in [0.29, 0.717) is 0 Å². The van der Waals surface area contributed by atoms with Gasteiger partial charge in [-0.1, -0.05) is 52.0 Å². The molecule has 2 rings (SSSR count). The number of hydrogen-bond donors (Lipinski definition) is 1. The molecule has 0 aliphatic heterocycles. The van der Waals surface area contributed by atoms with Crippen LogP contribution in [0.2, 0.25) is 0 Å².